The van der Waals surface area contributed by atoms with Crippen LogP contribution in [0.15, 0.2) is 14.1 Å². The van der Waals surface area contributed by atoms with Crippen LogP contribution in [0.5, 0.6) is 0 Å². The van der Waals surface area contributed by atoms with Crippen molar-refractivity contribution in [2.75, 3.05) is 19.6 Å². The van der Waals surface area contributed by atoms with E-state index in [1.54, 1.807) is 10.4 Å². The summed E-state index contributed by atoms with van der Waals surface area (Å²) < 4.78 is 28.3. The normalized spacial score (nSPS) is 20.8. The van der Waals surface area contributed by atoms with Gasteiger partial charge in [-0.25, -0.2) is 8.42 Å². The molecule has 1 aliphatic carbocycles. The van der Waals surface area contributed by atoms with Crippen LogP contribution in [-0.4, -0.2) is 38.4 Å². The van der Waals surface area contributed by atoms with E-state index in [4.69, 9.17) is 0 Å². The molecule has 0 radical (unpaired) electrons. The highest BCUT2D eigenvalue weighted by molar-refractivity contribution is 9.11. The van der Waals surface area contributed by atoms with Gasteiger partial charge in [-0.15, -0.1) is 23.7 Å². The van der Waals surface area contributed by atoms with Crippen molar-refractivity contribution in [1.82, 2.24) is 9.62 Å². The SMILES string of the molecule is Cc1cc(S(=O)(=O)N2CCC(NCC3CC3)CC2)sc1Br.Cl. The fourth-order valence-corrected chi connectivity index (χ4v) is 6.49. The van der Waals surface area contributed by atoms with Crippen molar-refractivity contribution in [2.45, 2.75) is 42.9 Å². The molecule has 8 heteroatoms. The van der Waals surface area contributed by atoms with Gasteiger partial charge in [0.1, 0.15) is 4.21 Å². The second-order valence-electron chi connectivity index (χ2n) is 6.05. The summed E-state index contributed by atoms with van der Waals surface area (Å²) in [5.41, 5.74) is 0.986. The van der Waals surface area contributed by atoms with Gasteiger partial charge in [-0.2, -0.15) is 4.31 Å². The lowest BCUT2D eigenvalue weighted by atomic mass is 10.1. The van der Waals surface area contributed by atoms with Crippen molar-refractivity contribution in [3.05, 3.63) is 15.4 Å². The van der Waals surface area contributed by atoms with Gasteiger partial charge in [-0.3, -0.25) is 0 Å². The van der Waals surface area contributed by atoms with Crippen LogP contribution in [0.2, 0.25) is 0 Å². The zero-order valence-corrected chi connectivity index (χ0v) is 16.6. The Morgan fingerprint density at radius 1 is 1.32 bits per heavy atom. The van der Waals surface area contributed by atoms with E-state index in [0.717, 1.165) is 34.7 Å². The highest BCUT2D eigenvalue weighted by Crippen LogP contribution is 2.33. The Hall–Kier alpha value is 0.340. The Labute approximate surface area is 151 Å². The summed E-state index contributed by atoms with van der Waals surface area (Å²) >= 11 is 4.72. The molecule has 0 aromatic carbocycles. The minimum atomic E-state index is -3.31. The maximum absolute atomic E-state index is 12.6. The second-order valence-corrected chi connectivity index (χ2v) is 10.6. The van der Waals surface area contributed by atoms with Crippen LogP contribution in [0, 0.1) is 12.8 Å². The van der Waals surface area contributed by atoms with Gasteiger partial charge in [0.25, 0.3) is 10.0 Å². The summed E-state index contributed by atoms with van der Waals surface area (Å²) in [6.45, 7) is 4.28. The van der Waals surface area contributed by atoms with Crippen molar-refractivity contribution in [3.8, 4) is 0 Å². The predicted molar refractivity (Wildman–Crippen MR) is 96.5 cm³/mol. The van der Waals surface area contributed by atoms with Crippen molar-refractivity contribution >= 4 is 49.7 Å². The lowest BCUT2D eigenvalue weighted by Crippen LogP contribution is -2.45. The molecular formula is C14H22BrClN2O2S2. The van der Waals surface area contributed by atoms with Crippen LogP contribution in [0.25, 0.3) is 0 Å². The summed E-state index contributed by atoms with van der Waals surface area (Å²) in [6.07, 6.45) is 4.54. The number of nitrogens with one attached hydrogen (secondary N) is 1. The van der Waals surface area contributed by atoms with Crippen LogP contribution in [0.4, 0.5) is 0 Å². The third kappa shape index (κ3) is 4.24. The zero-order valence-electron chi connectivity index (χ0n) is 12.5. The Bertz CT molecular complexity index is 589. The van der Waals surface area contributed by atoms with Gasteiger partial charge >= 0.3 is 0 Å². The van der Waals surface area contributed by atoms with Gasteiger partial charge in [-0.05, 0) is 72.6 Å². The van der Waals surface area contributed by atoms with Gasteiger partial charge in [-0.1, -0.05) is 0 Å². The quantitative estimate of drug-likeness (QED) is 0.780. The molecule has 2 heterocycles. The maximum atomic E-state index is 12.6. The van der Waals surface area contributed by atoms with E-state index in [2.05, 4.69) is 21.2 Å². The standard InChI is InChI=1S/C14H21BrN2O2S2.ClH/c1-10-8-13(20-14(10)15)21(18,19)17-6-4-12(5-7-17)16-9-11-2-3-11;/h8,11-12,16H,2-7,9H2,1H3;1H. The van der Waals surface area contributed by atoms with Crippen molar-refractivity contribution < 1.29 is 8.42 Å². The second kappa shape index (κ2) is 7.49. The lowest BCUT2D eigenvalue weighted by Gasteiger charge is -2.31. The molecule has 1 aromatic heterocycles. The molecule has 1 N–H and O–H groups in total. The first-order valence-corrected chi connectivity index (χ1v) is 10.5. The average molecular weight is 430 g/mol. The minimum absolute atomic E-state index is 0. The fourth-order valence-electron chi connectivity index (χ4n) is 2.64. The predicted octanol–water partition coefficient (Wildman–Crippen LogP) is 3.39. The third-order valence-electron chi connectivity index (χ3n) is 4.27. The molecule has 2 fully saturated rings. The number of piperidine rings is 1. The molecule has 126 valence electrons. The number of hydrogen-bond donors (Lipinski definition) is 1. The van der Waals surface area contributed by atoms with E-state index >= 15 is 0 Å². The molecule has 0 spiro atoms. The van der Waals surface area contributed by atoms with Crippen LogP contribution >= 0.6 is 39.7 Å². The van der Waals surface area contributed by atoms with Gasteiger partial charge in [0.15, 0.2) is 0 Å². The molecule has 2 aliphatic rings. The number of nitrogens with zero attached hydrogens (tertiary/aromatic N) is 1. The summed E-state index contributed by atoms with van der Waals surface area (Å²) in [5.74, 6) is 0.873. The first-order valence-electron chi connectivity index (χ1n) is 7.46. The molecule has 1 saturated heterocycles. The van der Waals surface area contributed by atoms with E-state index in [1.807, 2.05) is 6.92 Å². The van der Waals surface area contributed by atoms with Gasteiger partial charge in [0.05, 0.1) is 3.79 Å². The van der Waals surface area contributed by atoms with Crippen molar-refractivity contribution in [1.29, 1.82) is 0 Å². The first kappa shape index (κ1) is 18.7. The smallest absolute Gasteiger partial charge is 0.252 e. The molecule has 0 bridgehead atoms. The third-order valence-corrected chi connectivity index (χ3v) is 8.76. The summed E-state index contributed by atoms with van der Waals surface area (Å²) in [6, 6.07) is 2.25. The first-order chi connectivity index (χ1) is 9.96. The number of halogens is 2. The molecule has 1 aliphatic heterocycles. The summed E-state index contributed by atoms with van der Waals surface area (Å²) in [4.78, 5) is 0. The van der Waals surface area contributed by atoms with E-state index < -0.39 is 10.0 Å². The monoisotopic (exact) mass is 428 g/mol. The molecule has 22 heavy (non-hydrogen) atoms. The minimum Gasteiger partial charge on any atom is -0.314 e. The molecule has 0 unspecified atom stereocenters. The maximum Gasteiger partial charge on any atom is 0.252 e. The Kier molecular flexibility index (Phi) is 6.36. The molecule has 0 atom stereocenters. The number of thiophene rings is 1. The largest absolute Gasteiger partial charge is 0.314 e. The number of sulfonamides is 1. The van der Waals surface area contributed by atoms with Crippen molar-refractivity contribution in [2.24, 2.45) is 5.92 Å². The van der Waals surface area contributed by atoms with Crippen molar-refractivity contribution in [3.63, 3.8) is 0 Å². The van der Waals surface area contributed by atoms with Gasteiger partial charge in [0.2, 0.25) is 0 Å². The Morgan fingerprint density at radius 3 is 2.45 bits per heavy atom. The van der Waals surface area contributed by atoms with Crippen LogP contribution in [0.3, 0.4) is 0 Å². The zero-order chi connectivity index (χ0) is 15.0. The summed E-state index contributed by atoms with van der Waals surface area (Å²) in [7, 11) is -3.31. The highest BCUT2D eigenvalue weighted by Gasteiger charge is 2.31. The Balaban J connectivity index is 0.00000176. The highest BCUT2D eigenvalue weighted by atomic mass is 79.9. The summed E-state index contributed by atoms with van der Waals surface area (Å²) in [5, 5.41) is 3.58. The molecule has 0 amide bonds. The van der Waals surface area contributed by atoms with Crippen LogP contribution in [0.1, 0.15) is 31.2 Å². The fraction of sp³-hybridized carbons (Fsp3) is 0.714. The van der Waals surface area contributed by atoms with Gasteiger partial charge in [0, 0.05) is 19.1 Å². The Morgan fingerprint density at radius 2 is 1.95 bits per heavy atom. The van der Waals surface area contributed by atoms with E-state index in [0.29, 0.717) is 23.3 Å². The van der Waals surface area contributed by atoms with E-state index in [-0.39, 0.29) is 12.4 Å². The van der Waals surface area contributed by atoms with Crippen LogP contribution < -0.4 is 5.32 Å². The number of hydrogen-bond acceptors (Lipinski definition) is 4. The number of rotatable bonds is 5. The topological polar surface area (TPSA) is 49.4 Å². The molecule has 1 aromatic rings. The molecule has 1 saturated carbocycles. The average Bonchev–Trinajstić information content (AvgIpc) is 3.23. The molecule has 3 rings (SSSR count). The van der Waals surface area contributed by atoms with E-state index in [9.17, 15) is 8.42 Å². The number of aryl methyl sites for hydroxylation is 1. The van der Waals surface area contributed by atoms with E-state index in [1.165, 1.54) is 24.2 Å². The van der Waals surface area contributed by atoms with Crippen LogP contribution in [-0.2, 0) is 10.0 Å². The lowest BCUT2D eigenvalue weighted by molar-refractivity contribution is 0.288. The molecular weight excluding hydrogens is 408 g/mol. The molecule has 4 nitrogen and oxygen atoms in total. The van der Waals surface area contributed by atoms with Gasteiger partial charge < -0.3 is 5.32 Å².